The molecule has 0 saturated heterocycles. The molecular formula is C11H15FO. The van der Waals surface area contributed by atoms with E-state index in [1.165, 1.54) is 0 Å². The molecule has 0 fully saturated rings. The van der Waals surface area contributed by atoms with Crippen molar-refractivity contribution in [3.63, 3.8) is 0 Å². The molecule has 1 rings (SSSR count). The topological polar surface area (TPSA) is 9.23 Å². The molecule has 1 nitrogen and oxygen atoms in total. The van der Waals surface area contributed by atoms with Crippen LogP contribution in [0, 0.1) is 12.7 Å². The molecule has 72 valence electrons. The van der Waals surface area contributed by atoms with Gasteiger partial charge in [-0.15, -0.1) is 0 Å². The molecule has 0 saturated carbocycles. The minimum Gasteiger partial charge on any atom is -0.381 e. The monoisotopic (exact) mass is 182 g/mol. The average Bonchev–Trinajstić information content (AvgIpc) is 2.09. The lowest BCUT2D eigenvalue weighted by atomic mass is 10.1. The molecule has 1 aromatic carbocycles. The Morgan fingerprint density at radius 3 is 2.77 bits per heavy atom. The fourth-order valence-corrected chi connectivity index (χ4v) is 1.18. The Morgan fingerprint density at radius 1 is 1.38 bits per heavy atom. The van der Waals surface area contributed by atoms with E-state index in [2.05, 4.69) is 0 Å². The maximum atomic E-state index is 13.2. The molecule has 13 heavy (non-hydrogen) atoms. The molecular weight excluding hydrogens is 167 g/mol. The molecule has 0 unspecified atom stereocenters. The SMILES string of the molecule is CCOCCc1ccc(C)cc1F. The lowest BCUT2D eigenvalue weighted by Gasteiger charge is -2.03. The largest absolute Gasteiger partial charge is 0.381 e. The van der Waals surface area contributed by atoms with E-state index in [0.29, 0.717) is 19.6 Å². The van der Waals surface area contributed by atoms with Gasteiger partial charge in [0.05, 0.1) is 6.61 Å². The summed E-state index contributed by atoms with van der Waals surface area (Å²) in [4.78, 5) is 0. The van der Waals surface area contributed by atoms with Crippen LogP contribution in [-0.2, 0) is 11.2 Å². The van der Waals surface area contributed by atoms with Crippen LogP contribution in [0.25, 0.3) is 0 Å². The van der Waals surface area contributed by atoms with Crippen LogP contribution in [0.5, 0.6) is 0 Å². The molecule has 0 bridgehead atoms. The van der Waals surface area contributed by atoms with Gasteiger partial charge in [0.1, 0.15) is 5.82 Å². The van der Waals surface area contributed by atoms with E-state index in [9.17, 15) is 4.39 Å². The summed E-state index contributed by atoms with van der Waals surface area (Å²) in [6.45, 7) is 5.10. The van der Waals surface area contributed by atoms with Crippen LogP contribution in [0.15, 0.2) is 18.2 Å². The highest BCUT2D eigenvalue weighted by Gasteiger charge is 2.00. The molecule has 0 aliphatic rings. The Morgan fingerprint density at radius 2 is 2.15 bits per heavy atom. The van der Waals surface area contributed by atoms with E-state index >= 15 is 0 Å². The van der Waals surface area contributed by atoms with Crippen LogP contribution >= 0.6 is 0 Å². The van der Waals surface area contributed by atoms with E-state index in [0.717, 1.165) is 11.1 Å². The highest BCUT2D eigenvalue weighted by Crippen LogP contribution is 2.10. The van der Waals surface area contributed by atoms with Gasteiger partial charge in [0.2, 0.25) is 0 Å². The van der Waals surface area contributed by atoms with E-state index in [-0.39, 0.29) is 5.82 Å². The molecule has 0 heterocycles. The summed E-state index contributed by atoms with van der Waals surface area (Å²) in [6.07, 6.45) is 0.653. The Hall–Kier alpha value is -0.890. The van der Waals surface area contributed by atoms with Crippen molar-refractivity contribution >= 4 is 0 Å². The number of aryl methyl sites for hydroxylation is 1. The number of hydrogen-bond acceptors (Lipinski definition) is 1. The Bertz CT molecular complexity index is 271. The van der Waals surface area contributed by atoms with Crippen LogP contribution in [0.4, 0.5) is 4.39 Å². The summed E-state index contributed by atoms with van der Waals surface area (Å²) in [6, 6.07) is 5.30. The normalized spacial score (nSPS) is 10.4. The molecule has 0 amide bonds. The molecule has 0 atom stereocenters. The Balaban J connectivity index is 2.56. The molecule has 0 N–H and O–H groups in total. The molecule has 0 aliphatic carbocycles. The minimum absolute atomic E-state index is 0.125. The number of halogens is 1. The van der Waals surface area contributed by atoms with Gasteiger partial charge in [-0.1, -0.05) is 12.1 Å². The maximum absolute atomic E-state index is 13.2. The second-order valence-electron chi connectivity index (χ2n) is 3.04. The molecule has 2 heteroatoms. The van der Waals surface area contributed by atoms with Crippen LogP contribution in [0.3, 0.4) is 0 Å². The summed E-state index contributed by atoms with van der Waals surface area (Å²) in [5.74, 6) is -0.125. The molecule has 0 aliphatic heterocycles. The molecule has 0 radical (unpaired) electrons. The van der Waals surface area contributed by atoms with Crippen molar-refractivity contribution in [3.05, 3.63) is 35.1 Å². The zero-order chi connectivity index (χ0) is 9.68. The lowest BCUT2D eigenvalue weighted by molar-refractivity contribution is 0.150. The van der Waals surface area contributed by atoms with Crippen molar-refractivity contribution in [2.75, 3.05) is 13.2 Å². The summed E-state index contributed by atoms with van der Waals surface area (Å²) >= 11 is 0. The summed E-state index contributed by atoms with van der Waals surface area (Å²) < 4.78 is 18.4. The van der Waals surface area contributed by atoms with Gasteiger partial charge in [-0.05, 0) is 37.5 Å². The first-order valence-electron chi connectivity index (χ1n) is 4.57. The van der Waals surface area contributed by atoms with E-state index in [4.69, 9.17) is 4.74 Å². The first-order valence-corrected chi connectivity index (χ1v) is 4.57. The number of hydrogen-bond donors (Lipinski definition) is 0. The van der Waals surface area contributed by atoms with Crippen molar-refractivity contribution in [1.29, 1.82) is 0 Å². The van der Waals surface area contributed by atoms with Crippen molar-refractivity contribution < 1.29 is 9.13 Å². The van der Waals surface area contributed by atoms with Gasteiger partial charge in [0.15, 0.2) is 0 Å². The zero-order valence-corrected chi connectivity index (χ0v) is 8.14. The van der Waals surface area contributed by atoms with E-state index < -0.39 is 0 Å². The van der Waals surface area contributed by atoms with Gasteiger partial charge in [-0.3, -0.25) is 0 Å². The molecule has 0 aromatic heterocycles. The second kappa shape index (κ2) is 4.97. The Kier molecular flexibility index (Phi) is 3.90. The summed E-state index contributed by atoms with van der Waals surface area (Å²) in [7, 11) is 0. The van der Waals surface area contributed by atoms with Gasteiger partial charge in [0.25, 0.3) is 0 Å². The third kappa shape index (κ3) is 3.15. The van der Waals surface area contributed by atoms with Crippen LogP contribution in [0.1, 0.15) is 18.1 Å². The highest BCUT2D eigenvalue weighted by molar-refractivity contribution is 5.23. The average molecular weight is 182 g/mol. The summed E-state index contributed by atoms with van der Waals surface area (Å²) in [5.41, 5.74) is 1.69. The van der Waals surface area contributed by atoms with Crippen LogP contribution in [0.2, 0.25) is 0 Å². The smallest absolute Gasteiger partial charge is 0.126 e. The van der Waals surface area contributed by atoms with Crippen LogP contribution < -0.4 is 0 Å². The molecule has 0 spiro atoms. The first-order chi connectivity index (χ1) is 6.24. The predicted octanol–water partition coefficient (Wildman–Crippen LogP) is 2.71. The van der Waals surface area contributed by atoms with Gasteiger partial charge in [0, 0.05) is 6.61 Å². The van der Waals surface area contributed by atoms with Gasteiger partial charge in [-0.2, -0.15) is 0 Å². The van der Waals surface area contributed by atoms with Crippen molar-refractivity contribution in [1.82, 2.24) is 0 Å². The third-order valence-electron chi connectivity index (χ3n) is 1.93. The lowest BCUT2D eigenvalue weighted by Crippen LogP contribution is -2.00. The minimum atomic E-state index is -0.125. The van der Waals surface area contributed by atoms with E-state index in [1.54, 1.807) is 6.07 Å². The van der Waals surface area contributed by atoms with Crippen molar-refractivity contribution in [2.24, 2.45) is 0 Å². The third-order valence-corrected chi connectivity index (χ3v) is 1.93. The predicted molar refractivity (Wildman–Crippen MR) is 51.3 cm³/mol. The van der Waals surface area contributed by atoms with Gasteiger partial charge >= 0.3 is 0 Å². The van der Waals surface area contributed by atoms with Crippen molar-refractivity contribution in [2.45, 2.75) is 20.3 Å². The molecule has 1 aromatic rings. The quantitative estimate of drug-likeness (QED) is 0.650. The zero-order valence-electron chi connectivity index (χ0n) is 8.14. The van der Waals surface area contributed by atoms with Gasteiger partial charge < -0.3 is 4.74 Å². The number of ether oxygens (including phenoxy) is 1. The number of rotatable bonds is 4. The first kappa shape index (κ1) is 10.2. The highest BCUT2D eigenvalue weighted by atomic mass is 19.1. The fourth-order valence-electron chi connectivity index (χ4n) is 1.18. The van der Waals surface area contributed by atoms with E-state index in [1.807, 2.05) is 26.0 Å². The standard InChI is InChI=1S/C11H15FO/c1-3-13-7-6-10-5-4-9(2)8-11(10)12/h4-5,8H,3,6-7H2,1-2H3. The Labute approximate surface area is 78.5 Å². The summed E-state index contributed by atoms with van der Waals surface area (Å²) in [5, 5.41) is 0. The fraction of sp³-hybridized carbons (Fsp3) is 0.455. The number of benzene rings is 1. The van der Waals surface area contributed by atoms with Crippen molar-refractivity contribution in [3.8, 4) is 0 Å². The van der Waals surface area contributed by atoms with Gasteiger partial charge in [-0.25, -0.2) is 4.39 Å². The second-order valence-corrected chi connectivity index (χ2v) is 3.04. The van der Waals surface area contributed by atoms with Crippen LogP contribution in [-0.4, -0.2) is 13.2 Å². The maximum Gasteiger partial charge on any atom is 0.126 e.